The lowest BCUT2D eigenvalue weighted by Crippen LogP contribution is -2.40. The molecule has 0 aliphatic carbocycles. The van der Waals surface area contributed by atoms with Gasteiger partial charge in [-0.1, -0.05) is 60.2 Å². The van der Waals surface area contributed by atoms with Gasteiger partial charge in [0.2, 0.25) is 15.9 Å². The second-order valence-corrected chi connectivity index (χ2v) is 10.4. The molecule has 0 aromatic heterocycles. The van der Waals surface area contributed by atoms with Crippen LogP contribution in [0, 0.1) is 6.92 Å². The molecular formula is C27H30N2O4S. The average Bonchev–Trinajstić information content (AvgIpc) is 2.87. The van der Waals surface area contributed by atoms with E-state index in [1.54, 1.807) is 24.3 Å². The molecule has 1 amide bonds. The molecule has 3 aromatic rings. The van der Waals surface area contributed by atoms with E-state index in [4.69, 9.17) is 4.74 Å². The van der Waals surface area contributed by atoms with E-state index in [1.807, 2.05) is 18.2 Å². The largest absolute Gasteiger partial charge is 0.379 e. The van der Waals surface area contributed by atoms with Crippen molar-refractivity contribution in [3.63, 3.8) is 0 Å². The van der Waals surface area contributed by atoms with Crippen LogP contribution >= 0.6 is 0 Å². The zero-order valence-electron chi connectivity index (χ0n) is 19.4. The summed E-state index contributed by atoms with van der Waals surface area (Å²) in [5, 5.41) is 2.98. The quantitative estimate of drug-likeness (QED) is 0.532. The van der Waals surface area contributed by atoms with Gasteiger partial charge >= 0.3 is 0 Å². The number of rotatable bonds is 8. The number of morpholine rings is 1. The van der Waals surface area contributed by atoms with E-state index in [-0.39, 0.29) is 10.8 Å². The summed E-state index contributed by atoms with van der Waals surface area (Å²) in [6, 6.07) is 23.3. The maximum Gasteiger partial charge on any atom is 0.243 e. The highest BCUT2D eigenvalue weighted by atomic mass is 32.2. The SMILES string of the molecule is Cc1cccc(-c2cccc(CNC(=O)CCc3ccc(S(=O)(=O)N4CCOCC4)cc3)c2)c1. The molecule has 0 spiro atoms. The van der Waals surface area contributed by atoms with E-state index in [0.29, 0.717) is 45.7 Å². The van der Waals surface area contributed by atoms with Crippen LogP contribution in [0.4, 0.5) is 0 Å². The minimum absolute atomic E-state index is 0.0361. The molecule has 1 aliphatic rings. The molecule has 1 aliphatic heterocycles. The number of ether oxygens (including phenoxy) is 1. The second kappa shape index (κ2) is 11.0. The Morgan fingerprint density at radius 3 is 2.29 bits per heavy atom. The number of amides is 1. The summed E-state index contributed by atoms with van der Waals surface area (Å²) in [5.41, 5.74) is 5.47. The monoisotopic (exact) mass is 478 g/mol. The Kier molecular flexibility index (Phi) is 7.77. The molecule has 0 atom stereocenters. The van der Waals surface area contributed by atoms with Crippen LogP contribution in [0.15, 0.2) is 77.7 Å². The molecule has 178 valence electrons. The van der Waals surface area contributed by atoms with Gasteiger partial charge in [0.1, 0.15) is 0 Å². The summed E-state index contributed by atoms with van der Waals surface area (Å²) in [4.78, 5) is 12.7. The van der Waals surface area contributed by atoms with E-state index in [2.05, 4.69) is 42.6 Å². The number of carbonyl (C=O) groups excluding carboxylic acids is 1. The fourth-order valence-electron chi connectivity index (χ4n) is 4.00. The number of hydrogen-bond donors (Lipinski definition) is 1. The number of aryl methyl sites for hydroxylation is 2. The van der Waals surface area contributed by atoms with E-state index < -0.39 is 10.0 Å². The highest BCUT2D eigenvalue weighted by molar-refractivity contribution is 7.89. The van der Waals surface area contributed by atoms with Gasteiger partial charge in [-0.05, 0) is 53.8 Å². The summed E-state index contributed by atoms with van der Waals surface area (Å²) in [6.07, 6.45) is 0.889. The van der Waals surface area contributed by atoms with Gasteiger partial charge in [0.15, 0.2) is 0 Å². The first-order chi connectivity index (χ1) is 16.4. The molecule has 6 nitrogen and oxygen atoms in total. The first-order valence-electron chi connectivity index (χ1n) is 11.5. The van der Waals surface area contributed by atoms with Crippen LogP contribution < -0.4 is 5.32 Å². The molecule has 1 heterocycles. The van der Waals surface area contributed by atoms with Crippen LogP contribution in [0.5, 0.6) is 0 Å². The van der Waals surface area contributed by atoms with Gasteiger partial charge < -0.3 is 10.1 Å². The molecule has 3 aromatic carbocycles. The number of sulfonamides is 1. The topological polar surface area (TPSA) is 75.7 Å². The predicted octanol–water partition coefficient (Wildman–Crippen LogP) is 3.93. The third kappa shape index (κ3) is 6.11. The minimum atomic E-state index is -3.50. The van der Waals surface area contributed by atoms with Gasteiger partial charge in [-0.15, -0.1) is 0 Å². The Balaban J connectivity index is 1.29. The highest BCUT2D eigenvalue weighted by Crippen LogP contribution is 2.22. The first-order valence-corrected chi connectivity index (χ1v) is 13.0. The summed E-state index contributed by atoms with van der Waals surface area (Å²) >= 11 is 0. The van der Waals surface area contributed by atoms with Crippen molar-refractivity contribution in [2.45, 2.75) is 31.2 Å². The number of carbonyl (C=O) groups is 1. The number of benzene rings is 3. The molecule has 0 unspecified atom stereocenters. The summed E-state index contributed by atoms with van der Waals surface area (Å²) in [5.74, 6) is -0.0361. The smallest absolute Gasteiger partial charge is 0.243 e. The van der Waals surface area contributed by atoms with Crippen LogP contribution in [0.1, 0.15) is 23.1 Å². The predicted molar refractivity (Wildman–Crippen MR) is 133 cm³/mol. The molecule has 0 radical (unpaired) electrons. The molecule has 1 saturated heterocycles. The number of nitrogens with one attached hydrogen (secondary N) is 1. The highest BCUT2D eigenvalue weighted by Gasteiger charge is 2.26. The summed E-state index contributed by atoms with van der Waals surface area (Å²) in [7, 11) is -3.50. The minimum Gasteiger partial charge on any atom is -0.379 e. The van der Waals surface area contributed by atoms with Crippen molar-refractivity contribution < 1.29 is 17.9 Å². The molecule has 7 heteroatoms. The fourth-order valence-corrected chi connectivity index (χ4v) is 5.40. The van der Waals surface area contributed by atoms with Gasteiger partial charge in [0, 0.05) is 26.1 Å². The maximum atomic E-state index is 12.7. The Bertz CT molecular complexity index is 1230. The fraction of sp³-hybridized carbons (Fsp3) is 0.296. The molecule has 34 heavy (non-hydrogen) atoms. The van der Waals surface area contributed by atoms with Crippen molar-refractivity contribution >= 4 is 15.9 Å². The van der Waals surface area contributed by atoms with Crippen molar-refractivity contribution in [3.8, 4) is 11.1 Å². The zero-order valence-corrected chi connectivity index (χ0v) is 20.2. The van der Waals surface area contributed by atoms with Crippen LogP contribution in [0.2, 0.25) is 0 Å². The second-order valence-electron chi connectivity index (χ2n) is 8.51. The lowest BCUT2D eigenvalue weighted by molar-refractivity contribution is -0.121. The Hall–Kier alpha value is -3.00. The molecular weight excluding hydrogens is 448 g/mol. The van der Waals surface area contributed by atoms with Crippen LogP contribution in [0.25, 0.3) is 11.1 Å². The third-order valence-electron chi connectivity index (χ3n) is 5.94. The van der Waals surface area contributed by atoms with Crippen LogP contribution in [-0.4, -0.2) is 44.9 Å². The molecule has 4 rings (SSSR count). The van der Waals surface area contributed by atoms with Gasteiger partial charge in [-0.3, -0.25) is 4.79 Å². The Morgan fingerprint density at radius 1 is 0.912 bits per heavy atom. The summed E-state index contributed by atoms with van der Waals surface area (Å²) in [6.45, 7) is 4.13. The molecule has 1 N–H and O–H groups in total. The normalized spacial score (nSPS) is 14.6. The first kappa shape index (κ1) is 24.1. The lowest BCUT2D eigenvalue weighted by Gasteiger charge is -2.26. The van der Waals surface area contributed by atoms with Crippen LogP contribution in [-0.2, 0) is 32.5 Å². The zero-order chi connectivity index (χ0) is 24.0. The van der Waals surface area contributed by atoms with E-state index in [1.165, 1.54) is 9.87 Å². The van der Waals surface area contributed by atoms with Gasteiger partial charge in [0.25, 0.3) is 0 Å². The average molecular weight is 479 g/mol. The molecule has 1 fully saturated rings. The van der Waals surface area contributed by atoms with Gasteiger partial charge in [-0.25, -0.2) is 8.42 Å². The van der Waals surface area contributed by atoms with Crippen molar-refractivity contribution in [1.82, 2.24) is 9.62 Å². The van der Waals surface area contributed by atoms with Crippen molar-refractivity contribution in [2.75, 3.05) is 26.3 Å². The Labute approximate surface area is 201 Å². The molecule has 0 saturated carbocycles. The van der Waals surface area contributed by atoms with Crippen molar-refractivity contribution in [1.29, 1.82) is 0 Å². The maximum absolute atomic E-state index is 12.7. The Morgan fingerprint density at radius 2 is 1.59 bits per heavy atom. The van der Waals surface area contributed by atoms with Gasteiger partial charge in [-0.2, -0.15) is 4.31 Å². The van der Waals surface area contributed by atoms with E-state index in [0.717, 1.165) is 22.3 Å². The van der Waals surface area contributed by atoms with Gasteiger partial charge in [0.05, 0.1) is 18.1 Å². The number of hydrogen-bond acceptors (Lipinski definition) is 4. The third-order valence-corrected chi connectivity index (χ3v) is 7.85. The molecule has 0 bridgehead atoms. The van der Waals surface area contributed by atoms with Crippen molar-refractivity contribution in [2.24, 2.45) is 0 Å². The van der Waals surface area contributed by atoms with Crippen LogP contribution in [0.3, 0.4) is 0 Å². The van der Waals surface area contributed by atoms with E-state index >= 15 is 0 Å². The standard InChI is InChI=1S/C27H30N2O4S/c1-21-4-2-6-24(18-21)25-7-3-5-23(19-25)20-28-27(30)13-10-22-8-11-26(12-9-22)34(31,32)29-14-16-33-17-15-29/h2-9,11-12,18-19H,10,13-17,20H2,1H3,(H,28,30). The number of nitrogens with zero attached hydrogens (tertiary/aromatic N) is 1. The summed E-state index contributed by atoms with van der Waals surface area (Å²) < 4.78 is 32.1. The van der Waals surface area contributed by atoms with Crippen molar-refractivity contribution in [3.05, 3.63) is 89.5 Å². The lowest BCUT2D eigenvalue weighted by atomic mass is 10.0. The van der Waals surface area contributed by atoms with E-state index in [9.17, 15) is 13.2 Å².